The topological polar surface area (TPSA) is 37.4 Å². The molecule has 1 unspecified atom stereocenters. The zero-order valence-corrected chi connectivity index (χ0v) is 12.6. The highest BCUT2D eigenvalue weighted by molar-refractivity contribution is 7.89. The first-order chi connectivity index (χ1) is 7.96. The molecule has 0 radical (unpaired) electrons. The van der Waals surface area contributed by atoms with Gasteiger partial charge in [0, 0.05) is 18.5 Å². The third kappa shape index (κ3) is 2.60. The number of halogens is 3. The van der Waals surface area contributed by atoms with Crippen LogP contribution in [0.3, 0.4) is 0 Å². The second-order valence-electron chi connectivity index (χ2n) is 3.75. The van der Waals surface area contributed by atoms with Gasteiger partial charge in [0.2, 0.25) is 10.0 Å². The van der Waals surface area contributed by atoms with Gasteiger partial charge in [-0.1, -0.05) is 23.2 Å². The molecule has 0 aromatic carbocycles. The molecule has 96 valence electrons. The summed E-state index contributed by atoms with van der Waals surface area (Å²) in [6.45, 7) is 0.490. The molecule has 8 heteroatoms. The van der Waals surface area contributed by atoms with Gasteiger partial charge in [0.25, 0.3) is 0 Å². The first kappa shape index (κ1) is 13.9. The fourth-order valence-electron chi connectivity index (χ4n) is 1.91. The van der Waals surface area contributed by atoms with Crippen LogP contribution in [0, 0.1) is 0 Å². The van der Waals surface area contributed by atoms with E-state index < -0.39 is 10.0 Å². The predicted molar refractivity (Wildman–Crippen MR) is 72.0 cm³/mol. The van der Waals surface area contributed by atoms with Gasteiger partial charge in [-0.3, -0.25) is 0 Å². The van der Waals surface area contributed by atoms with E-state index in [2.05, 4.69) is 0 Å². The van der Waals surface area contributed by atoms with Crippen LogP contribution in [0.5, 0.6) is 0 Å². The smallest absolute Gasteiger partial charge is 0.207 e. The van der Waals surface area contributed by atoms with Crippen LogP contribution in [0.15, 0.2) is 11.0 Å². The lowest BCUT2D eigenvalue weighted by Gasteiger charge is -2.21. The molecule has 0 spiro atoms. The maximum absolute atomic E-state index is 12.4. The summed E-state index contributed by atoms with van der Waals surface area (Å²) < 4.78 is 26.7. The molecule has 2 heterocycles. The summed E-state index contributed by atoms with van der Waals surface area (Å²) in [6, 6.07) is 1.25. The fraction of sp³-hybridized carbons (Fsp3) is 0.556. The Balaban J connectivity index is 2.39. The molecule has 0 N–H and O–H groups in total. The van der Waals surface area contributed by atoms with Crippen LogP contribution >= 0.6 is 46.1 Å². The fourth-order valence-corrected chi connectivity index (χ4v) is 6.12. The number of sulfonamides is 1. The second-order valence-corrected chi connectivity index (χ2v) is 8.21. The number of alkyl halides is 1. The van der Waals surface area contributed by atoms with E-state index in [1.807, 2.05) is 0 Å². The van der Waals surface area contributed by atoms with E-state index >= 15 is 0 Å². The van der Waals surface area contributed by atoms with Crippen molar-refractivity contribution in [3.8, 4) is 0 Å². The highest BCUT2D eigenvalue weighted by atomic mass is 35.5. The van der Waals surface area contributed by atoms with E-state index in [0.29, 0.717) is 16.8 Å². The summed E-state index contributed by atoms with van der Waals surface area (Å²) in [5, 5.41) is 0. The average Bonchev–Trinajstić information content (AvgIpc) is 2.84. The number of hydrogen-bond donors (Lipinski definition) is 0. The van der Waals surface area contributed by atoms with Gasteiger partial charge >= 0.3 is 0 Å². The molecular weight excluding hydrogens is 325 g/mol. The van der Waals surface area contributed by atoms with Crippen molar-refractivity contribution in [2.75, 3.05) is 12.4 Å². The molecule has 2 rings (SSSR count). The first-order valence-electron chi connectivity index (χ1n) is 4.99. The maximum atomic E-state index is 12.4. The van der Waals surface area contributed by atoms with Crippen LogP contribution < -0.4 is 0 Å². The lowest BCUT2D eigenvalue weighted by molar-refractivity contribution is 0.411. The van der Waals surface area contributed by atoms with Crippen molar-refractivity contribution >= 4 is 56.2 Å². The predicted octanol–water partition coefficient (Wildman–Crippen LogP) is 3.45. The monoisotopic (exact) mass is 333 g/mol. The minimum atomic E-state index is -3.57. The van der Waals surface area contributed by atoms with E-state index in [4.69, 9.17) is 34.8 Å². The van der Waals surface area contributed by atoms with Gasteiger partial charge in [0.05, 0.1) is 4.34 Å². The van der Waals surface area contributed by atoms with Crippen LogP contribution in [-0.2, 0) is 10.0 Å². The molecule has 3 nitrogen and oxygen atoms in total. The molecule has 1 aliphatic rings. The lowest BCUT2D eigenvalue weighted by atomic mass is 10.3. The summed E-state index contributed by atoms with van der Waals surface area (Å²) in [5.74, 6) is 0.300. The Morgan fingerprint density at radius 3 is 2.71 bits per heavy atom. The van der Waals surface area contributed by atoms with Gasteiger partial charge in [-0.15, -0.1) is 22.9 Å². The van der Waals surface area contributed by atoms with E-state index in [9.17, 15) is 8.42 Å². The molecule has 1 aromatic rings. The van der Waals surface area contributed by atoms with Crippen LogP contribution in [0.1, 0.15) is 12.8 Å². The lowest BCUT2D eigenvalue weighted by Crippen LogP contribution is -2.36. The van der Waals surface area contributed by atoms with Crippen LogP contribution in [0.25, 0.3) is 0 Å². The van der Waals surface area contributed by atoms with Gasteiger partial charge in [-0.05, 0) is 18.9 Å². The largest absolute Gasteiger partial charge is 0.245 e. The standard InChI is InChI=1S/C9H10Cl3NO2S2/c10-5-6-2-1-3-13(6)17(14,15)7-4-8(11)16-9(7)12/h4,6H,1-3,5H2. The van der Waals surface area contributed by atoms with Crippen molar-refractivity contribution in [3.63, 3.8) is 0 Å². The first-order valence-corrected chi connectivity index (χ1v) is 8.54. The van der Waals surface area contributed by atoms with E-state index in [1.165, 1.54) is 10.4 Å². The Labute approximate surface area is 119 Å². The Hall–Kier alpha value is 0.480. The molecule has 1 fully saturated rings. The molecule has 0 aliphatic carbocycles. The molecule has 0 saturated carbocycles. The summed E-state index contributed by atoms with van der Waals surface area (Å²) in [4.78, 5) is 0.0891. The SMILES string of the molecule is O=S(=O)(c1cc(Cl)sc1Cl)N1CCCC1CCl. The summed E-state index contributed by atoms with van der Waals surface area (Å²) in [5.41, 5.74) is 0. The molecule has 0 bridgehead atoms. The van der Waals surface area contributed by atoms with Crippen molar-refractivity contribution in [2.45, 2.75) is 23.8 Å². The van der Waals surface area contributed by atoms with Crippen molar-refractivity contribution in [3.05, 3.63) is 14.7 Å². The van der Waals surface area contributed by atoms with Gasteiger partial charge < -0.3 is 0 Å². The minimum Gasteiger partial charge on any atom is -0.207 e. The highest BCUT2D eigenvalue weighted by Gasteiger charge is 2.36. The zero-order chi connectivity index (χ0) is 12.6. The van der Waals surface area contributed by atoms with Gasteiger partial charge in [-0.2, -0.15) is 4.31 Å². The van der Waals surface area contributed by atoms with Crippen molar-refractivity contribution < 1.29 is 8.42 Å². The number of thiophene rings is 1. The van der Waals surface area contributed by atoms with Crippen molar-refractivity contribution in [1.29, 1.82) is 0 Å². The number of rotatable bonds is 3. The van der Waals surface area contributed by atoms with Crippen molar-refractivity contribution in [2.24, 2.45) is 0 Å². The van der Waals surface area contributed by atoms with Crippen LogP contribution in [0.2, 0.25) is 8.67 Å². The van der Waals surface area contributed by atoms with Gasteiger partial charge in [0.1, 0.15) is 9.23 Å². The molecule has 1 atom stereocenters. The normalized spacial score (nSPS) is 22.2. The molecule has 1 aliphatic heterocycles. The van der Waals surface area contributed by atoms with Crippen LogP contribution in [0.4, 0.5) is 0 Å². The third-order valence-electron chi connectivity index (χ3n) is 2.71. The maximum Gasteiger partial charge on any atom is 0.245 e. The quantitative estimate of drug-likeness (QED) is 0.794. The van der Waals surface area contributed by atoms with Gasteiger partial charge in [-0.25, -0.2) is 8.42 Å². The molecule has 1 aromatic heterocycles. The average molecular weight is 335 g/mol. The zero-order valence-electron chi connectivity index (χ0n) is 8.70. The Kier molecular flexibility index (Phi) is 4.28. The van der Waals surface area contributed by atoms with Crippen LogP contribution in [-0.4, -0.2) is 31.2 Å². The second kappa shape index (κ2) is 5.23. The molecular formula is C9H10Cl3NO2S2. The molecule has 0 amide bonds. The Morgan fingerprint density at radius 1 is 1.47 bits per heavy atom. The Morgan fingerprint density at radius 2 is 2.18 bits per heavy atom. The van der Waals surface area contributed by atoms with Gasteiger partial charge in [0.15, 0.2) is 0 Å². The number of hydrogen-bond acceptors (Lipinski definition) is 3. The third-order valence-corrected chi connectivity index (χ3v) is 6.77. The van der Waals surface area contributed by atoms with Crippen molar-refractivity contribution in [1.82, 2.24) is 4.31 Å². The summed E-state index contributed by atoms with van der Waals surface area (Å²) >= 11 is 18.5. The van der Waals surface area contributed by atoms with E-state index in [0.717, 1.165) is 24.2 Å². The van der Waals surface area contributed by atoms with E-state index in [1.54, 1.807) is 0 Å². The Bertz CT molecular complexity index is 514. The number of nitrogens with zero attached hydrogens (tertiary/aromatic N) is 1. The molecule has 1 saturated heterocycles. The highest BCUT2D eigenvalue weighted by Crippen LogP contribution is 2.37. The van der Waals surface area contributed by atoms with E-state index in [-0.39, 0.29) is 15.3 Å². The summed E-state index contributed by atoms with van der Waals surface area (Å²) in [7, 11) is -3.57. The summed E-state index contributed by atoms with van der Waals surface area (Å²) in [6.07, 6.45) is 1.62. The minimum absolute atomic E-state index is 0.0891. The molecule has 17 heavy (non-hydrogen) atoms.